The minimum atomic E-state index is -0.415. The zero-order valence-corrected chi connectivity index (χ0v) is 18.9. The highest BCUT2D eigenvalue weighted by Gasteiger charge is 2.24. The number of urea groups is 1. The number of benzene rings is 2. The fourth-order valence-electron chi connectivity index (χ4n) is 3.47. The lowest BCUT2D eigenvalue weighted by atomic mass is 10.2. The Kier molecular flexibility index (Phi) is 7.12. The predicted octanol–water partition coefficient (Wildman–Crippen LogP) is 4.32. The molecule has 0 radical (unpaired) electrons. The number of nitrogens with one attached hydrogen (secondary N) is 2. The summed E-state index contributed by atoms with van der Waals surface area (Å²) < 4.78 is 1.20. The zero-order valence-electron chi connectivity index (χ0n) is 17.2. The first-order chi connectivity index (χ1) is 14.2. The van der Waals surface area contributed by atoms with Gasteiger partial charge in [-0.2, -0.15) is 0 Å². The van der Waals surface area contributed by atoms with E-state index < -0.39 is 6.03 Å². The second-order valence-corrected chi connectivity index (χ2v) is 8.32. The van der Waals surface area contributed by atoms with Crippen molar-refractivity contribution in [3.05, 3.63) is 47.5 Å². The van der Waals surface area contributed by atoms with Gasteiger partial charge in [-0.3, -0.25) is 4.79 Å². The van der Waals surface area contributed by atoms with Crippen LogP contribution in [0.5, 0.6) is 0 Å². The maximum atomic E-state index is 12.7. The first-order valence-electron chi connectivity index (χ1n) is 9.62. The third-order valence-electron chi connectivity index (χ3n) is 5.08. The second-order valence-electron chi connectivity index (χ2n) is 7.48. The second kappa shape index (κ2) is 9.59. The number of likely N-dealkylation sites (tertiary alicyclic amines) is 1. The van der Waals surface area contributed by atoms with Crippen LogP contribution in [-0.2, 0) is 4.79 Å². The van der Waals surface area contributed by atoms with Gasteiger partial charge in [0.25, 0.3) is 0 Å². The molecule has 160 valence electrons. The monoisotopic (exact) mass is 447 g/mol. The van der Waals surface area contributed by atoms with Crippen LogP contribution < -0.4 is 19.8 Å². The summed E-state index contributed by atoms with van der Waals surface area (Å²) in [7, 11) is 4.16. The molecule has 30 heavy (non-hydrogen) atoms. The Morgan fingerprint density at radius 2 is 1.80 bits per heavy atom. The minimum Gasteiger partial charge on any atom is -0.370 e. The van der Waals surface area contributed by atoms with Crippen LogP contribution in [-0.4, -0.2) is 50.1 Å². The first kappa shape index (κ1) is 22.3. The van der Waals surface area contributed by atoms with Gasteiger partial charge in [-0.25, -0.2) is 9.10 Å². The molecule has 1 unspecified atom stereocenters. The first-order valence-corrected chi connectivity index (χ1v) is 10.4. The van der Waals surface area contributed by atoms with Crippen molar-refractivity contribution in [2.24, 2.45) is 0 Å². The van der Waals surface area contributed by atoms with Crippen LogP contribution >= 0.6 is 24.4 Å². The number of rotatable bonds is 5. The van der Waals surface area contributed by atoms with Gasteiger partial charge >= 0.3 is 6.03 Å². The Hall–Kier alpha value is -2.42. The third kappa shape index (κ3) is 5.59. The summed E-state index contributed by atoms with van der Waals surface area (Å²) in [5.41, 5.74) is 2.75. The number of anilines is 4. The SMILES string of the molecule is CC(=O)Nc1ccc(N(S)C(=O)Nc2cc(Cl)cc(N(C)C3CCN(C)C3)c2)cc1. The van der Waals surface area contributed by atoms with Gasteiger partial charge in [-0.15, -0.1) is 0 Å². The van der Waals surface area contributed by atoms with Gasteiger partial charge in [0, 0.05) is 48.6 Å². The Bertz CT molecular complexity index is 924. The molecule has 3 rings (SSSR count). The van der Waals surface area contributed by atoms with Crippen LogP contribution in [0.25, 0.3) is 0 Å². The Labute approximate surface area is 187 Å². The van der Waals surface area contributed by atoms with E-state index in [0.717, 1.165) is 25.2 Å². The molecule has 1 aliphatic rings. The van der Waals surface area contributed by atoms with Crippen molar-refractivity contribution >= 4 is 59.1 Å². The summed E-state index contributed by atoms with van der Waals surface area (Å²) in [5, 5.41) is 6.07. The van der Waals surface area contributed by atoms with Crippen molar-refractivity contribution in [2.45, 2.75) is 19.4 Å². The minimum absolute atomic E-state index is 0.158. The summed E-state index contributed by atoms with van der Waals surface area (Å²) in [6.07, 6.45) is 1.08. The fraction of sp³-hybridized carbons (Fsp3) is 0.333. The lowest BCUT2D eigenvalue weighted by Crippen LogP contribution is -2.33. The van der Waals surface area contributed by atoms with Crippen LogP contribution in [0.15, 0.2) is 42.5 Å². The van der Waals surface area contributed by atoms with Gasteiger partial charge in [0.2, 0.25) is 5.91 Å². The Balaban J connectivity index is 1.69. The van der Waals surface area contributed by atoms with E-state index in [1.54, 1.807) is 30.3 Å². The molecule has 2 N–H and O–H groups in total. The predicted molar refractivity (Wildman–Crippen MR) is 127 cm³/mol. The summed E-state index contributed by atoms with van der Waals surface area (Å²) in [6, 6.07) is 12.3. The summed E-state index contributed by atoms with van der Waals surface area (Å²) >= 11 is 10.6. The van der Waals surface area contributed by atoms with Crippen molar-refractivity contribution < 1.29 is 9.59 Å². The molecule has 1 saturated heterocycles. The topological polar surface area (TPSA) is 67.9 Å². The van der Waals surface area contributed by atoms with Gasteiger partial charge in [-0.05, 0) is 62.5 Å². The maximum absolute atomic E-state index is 12.7. The number of nitrogens with zero attached hydrogens (tertiary/aromatic N) is 3. The number of thiol groups is 1. The smallest absolute Gasteiger partial charge is 0.336 e. The number of hydrogen-bond donors (Lipinski definition) is 3. The quantitative estimate of drug-likeness (QED) is 0.597. The number of likely N-dealkylation sites (N-methyl/N-ethyl adjacent to an activating group) is 2. The van der Waals surface area contributed by atoms with E-state index >= 15 is 0 Å². The lowest BCUT2D eigenvalue weighted by Gasteiger charge is -2.27. The molecule has 1 atom stereocenters. The average Bonchev–Trinajstić information content (AvgIpc) is 3.12. The van der Waals surface area contributed by atoms with Crippen LogP contribution in [0.4, 0.5) is 27.5 Å². The lowest BCUT2D eigenvalue weighted by molar-refractivity contribution is -0.114. The molecule has 0 aromatic heterocycles. The van der Waals surface area contributed by atoms with Gasteiger partial charge in [-0.1, -0.05) is 24.4 Å². The van der Waals surface area contributed by atoms with E-state index in [2.05, 4.69) is 40.3 Å². The van der Waals surface area contributed by atoms with E-state index in [0.29, 0.717) is 28.1 Å². The molecule has 0 aliphatic carbocycles. The summed E-state index contributed by atoms with van der Waals surface area (Å²) in [5.74, 6) is -0.158. The molecular weight excluding hydrogens is 422 g/mol. The number of amides is 3. The molecule has 1 heterocycles. The molecule has 0 saturated carbocycles. The molecule has 2 aromatic carbocycles. The summed E-state index contributed by atoms with van der Waals surface area (Å²) in [6.45, 7) is 3.49. The van der Waals surface area contributed by atoms with Crippen LogP contribution in [0.3, 0.4) is 0 Å². The largest absolute Gasteiger partial charge is 0.370 e. The standard InChI is InChI=1S/C21H26ClN5O2S/c1-14(28)23-16-4-6-18(7-5-16)27(30)21(29)24-17-10-15(22)11-20(12-17)26(3)19-8-9-25(2)13-19/h4-7,10-12,19,30H,8-9,13H2,1-3H3,(H,23,28)(H,24,29). The molecule has 2 aromatic rings. The van der Waals surface area contributed by atoms with E-state index in [-0.39, 0.29) is 5.91 Å². The van der Waals surface area contributed by atoms with Crippen LogP contribution in [0, 0.1) is 0 Å². The highest BCUT2D eigenvalue weighted by atomic mass is 35.5. The molecule has 1 aliphatic heterocycles. The third-order valence-corrected chi connectivity index (χ3v) is 5.71. The molecule has 9 heteroatoms. The number of carbonyl (C=O) groups is 2. The molecule has 1 fully saturated rings. The van der Waals surface area contributed by atoms with Crippen molar-refractivity contribution in [3.63, 3.8) is 0 Å². The molecule has 3 amide bonds. The highest BCUT2D eigenvalue weighted by molar-refractivity contribution is 7.82. The van der Waals surface area contributed by atoms with E-state index in [1.165, 1.54) is 11.2 Å². The Morgan fingerprint density at radius 1 is 1.10 bits per heavy atom. The zero-order chi connectivity index (χ0) is 21.8. The normalized spacial score (nSPS) is 16.2. The molecule has 7 nitrogen and oxygen atoms in total. The maximum Gasteiger partial charge on any atom is 0.336 e. The van der Waals surface area contributed by atoms with Crippen molar-refractivity contribution in [1.29, 1.82) is 0 Å². The number of carbonyl (C=O) groups excluding carboxylic acids is 2. The molecular formula is C21H26ClN5O2S. The van der Waals surface area contributed by atoms with E-state index in [1.807, 2.05) is 19.2 Å². The highest BCUT2D eigenvalue weighted by Crippen LogP contribution is 2.29. The molecule has 0 bridgehead atoms. The van der Waals surface area contributed by atoms with Crippen LogP contribution in [0.1, 0.15) is 13.3 Å². The van der Waals surface area contributed by atoms with E-state index in [4.69, 9.17) is 11.6 Å². The number of halogens is 1. The van der Waals surface area contributed by atoms with Gasteiger partial charge in [0.15, 0.2) is 0 Å². The van der Waals surface area contributed by atoms with E-state index in [9.17, 15) is 9.59 Å². The Morgan fingerprint density at radius 3 is 2.40 bits per heavy atom. The van der Waals surface area contributed by atoms with Crippen molar-refractivity contribution in [3.8, 4) is 0 Å². The van der Waals surface area contributed by atoms with Crippen molar-refractivity contribution in [2.75, 3.05) is 47.0 Å². The van der Waals surface area contributed by atoms with Crippen molar-refractivity contribution in [1.82, 2.24) is 4.90 Å². The van der Waals surface area contributed by atoms with Gasteiger partial charge < -0.3 is 20.4 Å². The van der Waals surface area contributed by atoms with Gasteiger partial charge in [0.1, 0.15) is 0 Å². The van der Waals surface area contributed by atoms with Crippen LogP contribution in [0.2, 0.25) is 5.02 Å². The average molecular weight is 448 g/mol. The summed E-state index contributed by atoms with van der Waals surface area (Å²) in [4.78, 5) is 28.3. The number of hydrogen-bond acceptors (Lipinski definition) is 5. The van der Waals surface area contributed by atoms with Gasteiger partial charge in [0.05, 0.1) is 5.69 Å². The molecule has 0 spiro atoms. The fourth-order valence-corrected chi connectivity index (χ4v) is 3.88.